The number of nitrogens with zero attached hydrogens (tertiary/aromatic N) is 2. The van der Waals surface area contributed by atoms with Gasteiger partial charge in [0.15, 0.2) is 5.78 Å². The molecule has 0 atom stereocenters. The summed E-state index contributed by atoms with van der Waals surface area (Å²) in [6, 6.07) is 3.63. The predicted octanol–water partition coefficient (Wildman–Crippen LogP) is 3.64. The number of hydrogen-bond acceptors (Lipinski definition) is 3. The van der Waals surface area contributed by atoms with Crippen LogP contribution in [0.5, 0.6) is 0 Å². The summed E-state index contributed by atoms with van der Waals surface area (Å²) in [5, 5.41) is 0. The van der Waals surface area contributed by atoms with Gasteiger partial charge in [-0.2, -0.15) is 0 Å². The summed E-state index contributed by atoms with van der Waals surface area (Å²) < 4.78 is 0. The minimum Gasteiger partial charge on any atom is -0.331 e. The van der Waals surface area contributed by atoms with Crippen LogP contribution in [0.15, 0.2) is 30.1 Å². The Morgan fingerprint density at radius 2 is 2.17 bits per heavy atom. The largest absolute Gasteiger partial charge is 0.331 e. The van der Waals surface area contributed by atoms with Crippen LogP contribution < -0.4 is 4.90 Å². The van der Waals surface area contributed by atoms with E-state index in [1.165, 1.54) is 5.70 Å². The quantitative estimate of drug-likeness (QED) is 0.582. The maximum Gasteiger partial charge on any atom is 0.179 e. The molecule has 0 spiro atoms. The first-order valence-corrected chi connectivity index (χ1v) is 6.67. The lowest BCUT2D eigenvalue weighted by molar-refractivity contribution is 0.102. The molecule has 1 rings (SSSR count). The third kappa shape index (κ3) is 3.57. The van der Waals surface area contributed by atoms with E-state index in [1.54, 1.807) is 12.3 Å². The number of hydrogen-bond donors (Lipinski definition) is 0. The van der Waals surface area contributed by atoms with Gasteiger partial charge in [0.05, 0.1) is 5.88 Å². The van der Waals surface area contributed by atoms with Crippen LogP contribution in [0.3, 0.4) is 0 Å². The van der Waals surface area contributed by atoms with Crippen LogP contribution in [0, 0.1) is 0 Å². The average Bonchev–Trinajstić information content (AvgIpc) is 2.40. The zero-order valence-electron chi connectivity index (χ0n) is 11.1. The molecule has 0 bridgehead atoms. The van der Waals surface area contributed by atoms with Crippen LogP contribution in [-0.4, -0.2) is 23.2 Å². The van der Waals surface area contributed by atoms with Crippen molar-refractivity contribution < 1.29 is 4.79 Å². The third-order valence-corrected chi connectivity index (χ3v) is 2.95. The molecule has 18 heavy (non-hydrogen) atoms. The molecule has 0 aliphatic heterocycles. The van der Waals surface area contributed by atoms with E-state index < -0.39 is 0 Å². The molecule has 0 aliphatic rings. The molecule has 0 aromatic carbocycles. The molecule has 1 heterocycles. The van der Waals surface area contributed by atoms with Crippen molar-refractivity contribution in [1.29, 1.82) is 0 Å². The molecule has 0 fully saturated rings. The number of allylic oxidation sites excluding steroid dienone is 2. The average molecular weight is 267 g/mol. The van der Waals surface area contributed by atoms with Crippen molar-refractivity contribution in [2.24, 2.45) is 0 Å². The Kier molecular flexibility index (Phi) is 5.86. The Morgan fingerprint density at radius 3 is 2.61 bits per heavy atom. The zero-order chi connectivity index (χ0) is 13.5. The number of rotatable bonds is 6. The Morgan fingerprint density at radius 1 is 1.44 bits per heavy atom. The first-order chi connectivity index (χ1) is 8.63. The van der Waals surface area contributed by atoms with Crippen LogP contribution >= 0.6 is 11.6 Å². The molecule has 0 radical (unpaired) electrons. The molecular formula is C14H19ClN2O. The normalized spacial score (nSPS) is 11.4. The number of carbonyl (C=O) groups excluding carboxylic acids is 1. The molecule has 0 saturated carbocycles. The van der Waals surface area contributed by atoms with E-state index in [0.29, 0.717) is 5.56 Å². The molecule has 3 nitrogen and oxygen atoms in total. The highest BCUT2D eigenvalue weighted by Crippen LogP contribution is 2.17. The molecule has 0 amide bonds. The van der Waals surface area contributed by atoms with Crippen molar-refractivity contribution in [3.8, 4) is 0 Å². The van der Waals surface area contributed by atoms with Gasteiger partial charge in [-0.1, -0.05) is 13.0 Å². The highest BCUT2D eigenvalue weighted by molar-refractivity contribution is 6.30. The van der Waals surface area contributed by atoms with Gasteiger partial charge in [-0.25, -0.2) is 4.98 Å². The van der Waals surface area contributed by atoms with Crippen LogP contribution in [-0.2, 0) is 0 Å². The second-order valence-electron chi connectivity index (χ2n) is 3.96. The van der Waals surface area contributed by atoms with Crippen molar-refractivity contribution in [2.45, 2.75) is 27.2 Å². The van der Waals surface area contributed by atoms with Crippen molar-refractivity contribution in [3.05, 3.63) is 35.7 Å². The predicted molar refractivity (Wildman–Crippen MR) is 76.4 cm³/mol. The van der Waals surface area contributed by atoms with Gasteiger partial charge in [0.2, 0.25) is 0 Å². The first kappa shape index (κ1) is 14.7. The van der Waals surface area contributed by atoms with E-state index >= 15 is 0 Å². The van der Waals surface area contributed by atoms with E-state index in [1.807, 2.05) is 6.07 Å². The fraction of sp³-hybridized carbons (Fsp3) is 0.429. The number of alkyl halides is 1. The van der Waals surface area contributed by atoms with Gasteiger partial charge >= 0.3 is 0 Å². The number of anilines is 1. The molecule has 0 aliphatic carbocycles. The molecule has 1 aromatic heterocycles. The highest BCUT2D eigenvalue weighted by atomic mass is 35.5. The topological polar surface area (TPSA) is 33.2 Å². The molecule has 0 unspecified atom stereocenters. The van der Waals surface area contributed by atoms with Crippen molar-refractivity contribution in [1.82, 2.24) is 4.98 Å². The molecule has 1 aromatic rings. The monoisotopic (exact) mass is 266 g/mol. The van der Waals surface area contributed by atoms with Crippen LogP contribution in [0.4, 0.5) is 5.82 Å². The summed E-state index contributed by atoms with van der Waals surface area (Å²) in [4.78, 5) is 17.8. The van der Waals surface area contributed by atoms with Crippen molar-refractivity contribution in [2.75, 3.05) is 17.3 Å². The second kappa shape index (κ2) is 7.17. The number of halogens is 1. The zero-order valence-corrected chi connectivity index (χ0v) is 11.9. The first-order valence-electron chi connectivity index (χ1n) is 6.13. The van der Waals surface area contributed by atoms with Crippen LogP contribution in [0.25, 0.3) is 0 Å². The fourth-order valence-corrected chi connectivity index (χ4v) is 1.94. The number of Topliss-reactive ketones (excluding diaryl/α,β-unsaturated/α-hetero) is 1. The maximum absolute atomic E-state index is 11.4. The SMILES string of the molecule is CC/C=C(/C)N(CC)c1ccc(C(=O)CCl)cn1. The van der Waals surface area contributed by atoms with Gasteiger partial charge < -0.3 is 4.90 Å². The van der Waals surface area contributed by atoms with E-state index in [2.05, 4.69) is 36.7 Å². The number of carbonyl (C=O) groups is 1. The molecular weight excluding hydrogens is 248 g/mol. The lowest BCUT2D eigenvalue weighted by Gasteiger charge is -2.22. The summed E-state index contributed by atoms with van der Waals surface area (Å²) >= 11 is 5.51. The lowest BCUT2D eigenvalue weighted by Crippen LogP contribution is -2.21. The van der Waals surface area contributed by atoms with Crippen molar-refractivity contribution >= 4 is 23.2 Å². The standard InChI is InChI=1S/C14H19ClN2O/c1-4-6-11(3)17(5-2)14-8-7-12(10-16-14)13(18)9-15/h6-8,10H,4-5,9H2,1-3H3/b11-6-. The van der Waals surface area contributed by atoms with E-state index in [4.69, 9.17) is 11.6 Å². The Bertz CT molecular complexity index is 426. The van der Waals surface area contributed by atoms with Gasteiger partial charge in [-0.15, -0.1) is 11.6 Å². The summed E-state index contributed by atoms with van der Waals surface area (Å²) in [7, 11) is 0. The summed E-state index contributed by atoms with van der Waals surface area (Å²) in [5.41, 5.74) is 1.73. The summed E-state index contributed by atoms with van der Waals surface area (Å²) in [5.74, 6) is 0.748. The Balaban J connectivity index is 2.95. The Hall–Kier alpha value is -1.35. The van der Waals surface area contributed by atoms with E-state index in [0.717, 1.165) is 18.8 Å². The molecule has 0 N–H and O–H groups in total. The van der Waals surface area contributed by atoms with Gasteiger partial charge in [0, 0.05) is 24.0 Å². The summed E-state index contributed by atoms with van der Waals surface area (Å²) in [6.07, 6.45) is 4.73. The fourth-order valence-electron chi connectivity index (χ4n) is 1.79. The van der Waals surface area contributed by atoms with Crippen molar-refractivity contribution in [3.63, 3.8) is 0 Å². The summed E-state index contributed by atoms with van der Waals surface area (Å²) in [6.45, 7) is 7.09. The number of aromatic nitrogens is 1. The van der Waals surface area contributed by atoms with Crippen LogP contribution in [0.2, 0.25) is 0 Å². The smallest absolute Gasteiger partial charge is 0.179 e. The molecule has 98 valence electrons. The maximum atomic E-state index is 11.4. The number of ketones is 1. The minimum absolute atomic E-state index is 0.00666. The lowest BCUT2D eigenvalue weighted by atomic mass is 10.2. The van der Waals surface area contributed by atoms with Gasteiger partial charge in [-0.3, -0.25) is 4.79 Å². The number of pyridine rings is 1. The molecule has 0 saturated heterocycles. The van der Waals surface area contributed by atoms with E-state index in [9.17, 15) is 4.79 Å². The second-order valence-corrected chi connectivity index (χ2v) is 4.23. The minimum atomic E-state index is -0.0976. The highest BCUT2D eigenvalue weighted by Gasteiger charge is 2.09. The van der Waals surface area contributed by atoms with E-state index in [-0.39, 0.29) is 11.7 Å². The van der Waals surface area contributed by atoms with Gasteiger partial charge in [-0.05, 0) is 32.4 Å². The third-order valence-electron chi connectivity index (χ3n) is 2.71. The Labute approximate surface area is 113 Å². The van der Waals surface area contributed by atoms with Gasteiger partial charge in [0.25, 0.3) is 0 Å². The molecule has 4 heteroatoms. The van der Waals surface area contributed by atoms with Crippen LogP contribution in [0.1, 0.15) is 37.6 Å². The van der Waals surface area contributed by atoms with Gasteiger partial charge in [0.1, 0.15) is 5.82 Å².